The molecule has 0 fully saturated rings. The van der Waals surface area contributed by atoms with Crippen LogP contribution in [0, 0.1) is 5.92 Å². The van der Waals surface area contributed by atoms with Crippen LogP contribution in [-0.4, -0.2) is 27.8 Å². The minimum absolute atomic E-state index is 0.209. The van der Waals surface area contributed by atoms with Gasteiger partial charge in [0.05, 0.1) is 13.0 Å². The largest absolute Gasteiger partial charge is 0.494 e. The van der Waals surface area contributed by atoms with Gasteiger partial charge in [-0.3, -0.25) is 4.79 Å². The van der Waals surface area contributed by atoms with Crippen LogP contribution in [0.3, 0.4) is 0 Å². The Morgan fingerprint density at radius 1 is 1.29 bits per heavy atom. The molecule has 0 amide bonds. The van der Waals surface area contributed by atoms with Crippen molar-refractivity contribution in [2.75, 3.05) is 6.61 Å². The second-order valence-corrected chi connectivity index (χ2v) is 7.56. The standard InChI is InChI=1S/C21H22N2O4S/c1-14(2)7-9-26-18-5-3-15(4-6-18)11-17(12-19(24)25)21-22-20(23-27-21)16-8-10-28-13-16/h3-6,8,10-11,13-14H,7,9,12H2,1-2H3,(H,24,25)/b17-11+. The van der Waals surface area contributed by atoms with E-state index in [0.29, 0.717) is 23.9 Å². The second kappa shape index (κ2) is 9.32. The van der Waals surface area contributed by atoms with Gasteiger partial charge in [0, 0.05) is 16.5 Å². The minimum atomic E-state index is -0.963. The van der Waals surface area contributed by atoms with E-state index in [9.17, 15) is 9.90 Å². The van der Waals surface area contributed by atoms with E-state index < -0.39 is 5.97 Å². The monoisotopic (exact) mass is 398 g/mol. The van der Waals surface area contributed by atoms with E-state index in [1.54, 1.807) is 6.08 Å². The zero-order valence-electron chi connectivity index (χ0n) is 15.8. The minimum Gasteiger partial charge on any atom is -0.494 e. The Morgan fingerprint density at radius 2 is 2.07 bits per heavy atom. The zero-order valence-corrected chi connectivity index (χ0v) is 16.6. The van der Waals surface area contributed by atoms with Crippen molar-refractivity contribution in [3.05, 3.63) is 52.5 Å². The van der Waals surface area contributed by atoms with E-state index in [1.807, 2.05) is 41.1 Å². The van der Waals surface area contributed by atoms with Gasteiger partial charge in [-0.05, 0) is 47.6 Å². The fourth-order valence-electron chi connectivity index (χ4n) is 2.49. The summed E-state index contributed by atoms with van der Waals surface area (Å²) in [7, 11) is 0. The van der Waals surface area contributed by atoms with Crippen LogP contribution < -0.4 is 4.74 Å². The van der Waals surface area contributed by atoms with Crippen molar-refractivity contribution in [3.8, 4) is 17.1 Å². The van der Waals surface area contributed by atoms with Gasteiger partial charge < -0.3 is 14.4 Å². The van der Waals surface area contributed by atoms with E-state index in [0.717, 1.165) is 23.3 Å². The molecule has 0 bridgehead atoms. The van der Waals surface area contributed by atoms with Crippen LogP contribution in [-0.2, 0) is 4.79 Å². The summed E-state index contributed by atoms with van der Waals surface area (Å²) in [6.45, 7) is 4.98. The van der Waals surface area contributed by atoms with Gasteiger partial charge >= 0.3 is 5.97 Å². The first-order valence-corrected chi connectivity index (χ1v) is 9.97. The van der Waals surface area contributed by atoms with Crippen LogP contribution in [0.5, 0.6) is 5.75 Å². The average molecular weight is 398 g/mol. The molecule has 0 spiro atoms. The molecule has 0 saturated heterocycles. The van der Waals surface area contributed by atoms with E-state index >= 15 is 0 Å². The van der Waals surface area contributed by atoms with Crippen molar-refractivity contribution < 1.29 is 19.2 Å². The summed E-state index contributed by atoms with van der Waals surface area (Å²) in [4.78, 5) is 15.6. The number of rotatable bonds is 9. The number of hydrogen-bond donors (Lipinski definition) is 1. The lowest BCUT2D eigenvalue weighted by Gasteiger charge is -2.08. The highest BCUT2D eigenvalue weighted by Crippen LogP contribution is 2.25. The molecule has 3 aromatic rings. The topological polar surface area (TPSA) is 85.5 Å². The molecule has 1 aromatic carbocycles. The molecule has 0 radical (unpaired) electrons. The predicted octanol–water partition coefficient (Wildman–Crippen LogP) is 5.24. The first-order valence-electron chi connectivity index (χ1n) is 9.03. The highest BCUT2D eigenvalue weighted by atomic mass is 32.1. The maximum absolute atomic E-state index is 11.3. The number of ether oxygens (including phenoxy) is 1. The lowest BCUT2D eigenvalue weighted by molar-refractivity contribution is -0.135. The summed E-state index contributed by atoms with van der Waals surface area (Å²) in [5.41, 5.74) is 2.13. The molecular formula is C21H22N2O4S. The molecule has 28 heavy (non-hydrogen) atoms. The number of carboxylic acid groups (broad SMARTS) is 1. The lowest BCUT2D eigenvalue weighted by atomic mass is 10.1. The van der Waals surface area contributed by atoms with Crippen LogP contribution in [0.15, 0.2) is 45.6 Å². The predicted molar refractivity (Wildman–Crippen MR) is 109 cm³/mol. The lowest BCUT2D eigenvalue weighted by Crippen LogP contribution is -2.01. The second-order valence-electron chi connectivity index (χ2n) is 6.78. The Bertz CT molecular complexity index is 928. The van der Waals surface area contributed by atoms with E-state index in [1.165, 1.54) is 11.3 Å². The smallest absolute Gasteiger partial charge is 0.308 e. The zero-order chi connectivity index (χ0) is 19.9. The highest BCUT2D eigenvalue weighted by molar-refractivity contribution is 7.08. The molecule has 2 aromatic heterocycles. The number of hydrogen-bond acceptors (Lipinski definition) is 6. The molecule has 0 aliphatic rings. The molecule has 3 rings (SSSR count). The van der Waals surface area contributed by atoms with Gasteiger partial charge in [-0.1, -0.05) is 31.1 Å². The summed E-state index contributed by atoms with van der Waals surface area (Å²) < 4.78 is 11.0. The quantitative estimate of drug-likeness (QED) is 0.531. The fraction of sp³-hybridized carbons (Fsp3) is 0.286. The van der Waals surface area contributed by atoms with Crippen LogP contribution >= 0.6 is 11.3 Å². The number of aromatic nitrogens is 2. The van der Waals surface area contributed by atoms with Crippen LogP contribution in [0.25, 0.3) is 23.0 Å². The maximum Gasteiger partial charge on any atom is 0.308 e. The third kappa shape index (κ3) is 5.53. The molecule has 0 aliphatic carbocycles. The van der Waals surface area contributed by atoms with Crippen molar-refractivity contribution >= 4 is 29.0 Å². The number of thiophene rings is 1. The van der Waals surface area contributed by atoms with Gasteiger partial charge in [0.2, 0.25) is 5.82 Å². The normalized spacial score (nSPS) is 11.8. The summed E-state index contributed by atoms with van der Waals surface area (Å²) in [5, 5.41) is 17.0. The van der Waals surface area contributed by atoms with Gasteiger partial charge in [0.25, 0.3) is 5.89 Å². The van der Waals surface area contributed by atoms with Gasteiger partial charge in [0.15, 0.2) is 0 Å². The maximum atomic E-state index is 11.3. The Balaban J connectivity index is 1.78. The average Bonchev–Trinajstić information content (AvgIpc) is 3.33. The SMILES string of the molecule is CC(C)CCOc1ccc(/C=C(\CC(=O)O)c2nc(-c3ccsc3)no2)cc1. The van der Waals surface area contributed by atoms with Crippen molar-refractivity contribution in [3.63, 3.8) is 0 Å². The van der Waals surface area contributed by atoms with Crippen LogP contribution in [0.4, 0.5) is 0 Å². The van der Waals surface area contributed by atoms with Gasteiger partial charge in [-0.2, -0.15) is 16.3 Å². The summed E-state index contributed by atoms with van der Waals surface area (Å²) in [5.74, 6) is 1.07. The molecule has 1 N–H and O–H groups in total. The van der Waals surface area contributed by atoms with E-state index in [4.69, 9.17) is 9.26 Å². The van der Waals surface area contributed by atoms with Crippen molar-refractivity contribution in [2.24, 2.45) is 5.92 Å². The molecule has 0 atom stereocenters. The molecular weight excluding hydrogens is 376 g/mol. The first-order chi connectivity index (χ1) is 13.5. The number of carbonyl (C=O) groups is 1. The number of aliphatic carboxylic acids is 1. The van der Waals surface area contributed by atoms with Crippen LogP contribution in [0.1, 0.15) is 38.1 Å². The summed E-state index contributed by atoms with van der Waals surface area (Å²) in [6, 6.07) is 9.38. The third-order valence-corrected chi connectivity index (χ3v) is 4.69. The van der Waals surface area contributed by atoms with E-state index in [2.05, 4.69) is 24.0 Å². The van der Waals surface area contributed by atoms with Crippen molar-refractivity contribution in [1.29, 1.82) is 0 Å². The molecule has 0 aliphatic heterocycles. The van der Waals surface area contributed by atoms with Crippen molar-refractivity contribution in [2.45, 2.75) is 26.7 Å². The molecule has 2 heterocycles. The molecule has 146 valence electrons. The number of benzene rings is 1. The highest BCUT2D eigenvalue weighted by Gasteiger charge is 2.16. The van der Waals surface area contributed by atoms with Gasteiger partial charge in [0.1, 0.15) is 5.75 Å². The Labute approximate surface area is 167 Å². The summed E-state index contributed by atoms with van der Waals surface area (Å²) >= 11 is 1.53. The Kier molecular flexibility index (Phi) is 6.60. The molecule has 6 nitrogen and oxygen atoms in total. The fourth-order valence-corrected chi connectivity index (χ4v) is 3.12. The molecule has 7 heteroatoms. The van der Waals surface area contributed by atoms with Crippen LogP contribution in [0.2, 0.25) is 0 Å². The third-order valence-electron chi connectivity index (χ3n) is 4.01. The Morgan fingerprint density at radius 3 is 2.71 bits per heavy atom. The van der Waals surface area contributed by atoms with E-state index in [-0.39, 0.29) is 12.3 Å². The molecule has 0 unspecified atom stereocenters. The Hall–Kier alpha value is -2.93. The van der Waals surface area contributed by atoms with Gasteiger partial charge in [-0.15, -0.1) is 0 Å². The van der Waals surface area contributed by atoms with Gasteiger partial charge in [-0.25, -0.2) is 0 Å². The summed E-state index contributed by atoms with van der Waals surface area (Å²) in [6.07, 6.45) is 2.53. The molecule has 0 saturated carbocycles. The number of carboxylic acids is 1. The number of nitrogens with zero attached hydrogens (tertiary/aromatic N) is 2. The first kappa shape index (κ1) is 19.8. The van der Waals surface area contributed by atoms with Crippen molar-refractivity contribution in [1.82, 2.24) is 10.1 Å².